The van der Waals surface area contributed by atoms with E-state index in [4.69, 9.17) is 13.9 Å². The molecule has 2 fully saturated rings. The molecule has 8 rings (SSSR count). The van der Waals surface area contributed by atoms with Crippen LogP contribution in [-0.4, -0.2) is 66.9 Å². The summed E-state index contributed by atoms with van der Waals surface area (Å²) in [6, 6.07) is 22.2. The van der Waals surface area contributed by atoms with Crippen molar-refractivity contribution >= 4 is 29.3 Å². The molecule has 2 aromatic heterocycles. The minimum atomic E-state index is -0.990. The van der Waals surface area contributed by atoms with Crippen molar-refractivity contribution in [1.29, 1.82) is 0 Å². The number of amides is 4. The van der Waals surface area contributed by atoms with Crippen molar-refractivity contribution in [2.24, 2.45) is 0 Å². The number of piperidine rings is 1. The Hall–Kier alpha value is -6.44. The van der Waals surface area contributed by atoms with E-state index in [1.807, 2.05) is 24.3 Å². The summed E-state index contributed by atoms with van der Waals surface area (Å²) in [4.78, 5) is 59.8. The van der Waals surface area contributed by atoms with Crippen molar-refractivity contribution in [3.8, 4) is 23.2 Å². The number of ether oxygens (including phenoxy) is 2. The molecule has 1 atom stereocenters. The standard InChI is InChI=1S/C40H37N7O7/c1-22-45-46-37(53-22)35-41-17-16-26(43-35)21-52-28-9-4-23(5-10-28)40(2,3)24-6-11-29(12-7-24)54-30-18-27(19-30)42-25-8-13-31-32(20-25)39(51)47(38(31)50)33-14-15-34(48)44-36(33)49/h4-13,16-17,20,27,30,33,42H,14-15,18-19,21H2,1-3H3,(H,44,48,49). The molecule has 1 saturated heterocycles. The first-order valence-corrected chi connectivity index (χ1v) is 17.8. The van der Waals surface area contributed by atoms with Gasteiger partial charge in [0.05, 0.1) is 16.8 Å². The van der Waals surface area contributed by atoms with Crippen LogP contribution >= 0.6 is 0 Å². The van der Waals surface area contributed by atoms with Gasteiger partial charge < -0.3 is 19.2 Å². The van der Waals surface area contributed by atoms with Crippen molar-refractivity contribution < 1.29 is 33.1 Å². The molecular weight excluding hydrogens is 690 g/mol. The van der Waals surface area contributed by atoms with Crippen LogP contribution in [0.5, 0.6) is 11.5 Å². The zero-order valence-electron chi connectivity index (χ0n) is 29.9. The van der Waals surface area contributed by atoms with Crippen LogP contribution in [0, 0.1) is 6.92 Å². The highest BCUT2D eigenvalue weighted by molar-refractivity contribution is 6.23. The molecule has 1 unspecified atom stereocenters. The summed E-state index contributed by atoms with van der Waals surface area (Å²) < 4.78 is 17.7. The quantitative estimate of drug-likeness (QED) is 0.171. The molecule has 1 aliphatic carbocycles. The molecule has 2 N–H and O–H groups in total. The number of anilines is 1. The first-order valence-electron chi connectivity index (χ1n) is 17.8. The molecule has 14 nitrogen and oxygen atoms in total. The summed E-state index contributed by atoms with van der Waals surface area (Å²) in [5.74, 6) is 0.501. The van der Waals surface area contributed by atoms with Crippen molar-refractivity contribution in [2.75, 3.05) is 5.32 Å². The third kappa shape index (κ3) is 6.77. The van der Waals surface area contributed by atoms with Crippen LogP contribution in [0.2, 0.25) is 0 Å². The summed E-state index contributed by atoms with van der Waals surface area (Å²) in [5.41, 5.74) is 3.91. The lowest BCUT2D eigenvalue weighted by Gasteiger charge is -2.36. The maximum Gasteiger partial charge on any atom is 0.285 e. The van der Waals surface area contributed by atoms with Gasteiger partial charge in [0.1, 0.15) is 30.3 Å². The SMILES string of the molecule is Cc1nnc(-c2nccc(COc3ccc(C(C)(C)c4ccc(OC5CC(Nc6ccc7c(c6)C(=O)N(C6CCC(=O)NC6=O)C7=O)C5)cc4)cc3)n2)o1. The predicted octanol–water partition coefficient (Wildman–Crippen LogP) is 5.16. The van der Waals surface area contributed by atoms with Gasteiger partial charge >= 0.3 is 0 Å². The molecule has 0 radical (unpaired) electrons. The molecule has 4 amide bonds. The summed E-state index contributed by atoms with van der Waals surface area (Å²) >= 11 is 0. The van der Waals surface area contributed by atoms with Gasteiger partial charge in [-0.2, -0.15) is 0 Å². The lowest BCUT2D eigenvalue weighted by Crippen LogP contribution is -2.54. The van der Waals surface area contributed by atoms with Gasteiger partial charge in [-0.05, 0) is 66.1 Å². The third-order valence-corrected chi connectivity index (χ3v) is 10.2. The second kappa shape index (κ2) is 13.8. The zero-order chi connectivity index (χ0) is 37.6. The molecule has 0 spiro atoms. The number of fused-ring (bicyclic) bond motifs is 1. The van der Waals surface area contributed by atoms with Gasteiger partial charge in [0.2, 0.25) is 23.5 Å². The average Bonchev–Trinajstić information content (AvgIpc) is 3.70. The fraction of sp³-hybridized carbons (Fsp3) is 0.300. The van der Waals surface area contributed by atoms with Gasteiger partial charge in [-0.15, -0.1) is 10.2 Å². The fourth-order valence-corrected chi connectivity index (χ4v) is 6.98. The molecule has 274 valence electrons. The fourth-order valence-electron chi connectivity index (χ4n) is 6.98. The number of nitrogens with zero attached hydrogens (tertiary/aromatic N) is 5. The zero-order valence-corrected chi connectivity index (χ0v) is 29.9. The molecule has 0 bridgehead atoms. The van der Waals surface area contributed by atoms with E-state index >= 15 is 0 Å². The molecule has 1 saturated carbocycles. The summed E-state index contributed by atoms with van der Waals surface area (Å²) in [7, 11) is 0. The molecule has 3 aromatic carbocycles. The lowest BCUT2D eigenvalue weighted by atomic mass is 9.78. The van der Waals surface area contributed by atoms with E-state index in [0.29, 0.717) is 23.1 Å². The summed E-state index contributed by atoms with van der Waals surface area (Å²) in [6.07, 6.45) is 3.41. The van der Waals surface area contributed by atoms with Crippen molar-refractivity contribution in [3.63, 3.8) is 0 Å². The Morgan fingerprint density at radius 1 is 0.889 bits per heavy atom. The predicted molar refractivity (Wildman–Crippen MR) is 194 cm³/mol. The highest BCUT2D eigenvalue weighted by atomic mass is 16.5. The normalized spacial score (nSPS) is 19.6. The second-order valence-corrected chi connectivity index (χ2v) is 14.2. The monoisotopic (exact) mass is 727 g/mol. The Bertz CT molecular complexity index is 2260. The lowest BCUT2D eigenvalue weighted by molar-refractivity contribution is -0.136. The average molecular weight is 728 g/mol. The Morgan fingerprint density at radius 3 is 2.28 bits per heavy atom. The van der Waals surface area contributed by atoms with Gasteiger partial charge in [-0.3, -0.25) is 29.4 Å². The number of carbonyl (C=O) groups excluding carboxylic acids is 4. The van der Waals surface area contributed by atoms with E-state index in [9.17, 15) is 19.2 Å². The van der Waals surface area contributed by atoms with Crippen LogP contribution in [0.3, 0.4) is 0 Å². The number of aromatic nitrogens is 4. The maximum absolute atomic E-state index is 13.2. The van der Waals surface area contributed by atoms with E-state index in [-0.39, 0.29) is 54.0 Å². The van der Waals surface area contributed by atoms with Crippen molar-refractivity contribution in [2.45, 2.75) is 76.7 Å². The molecule has 5 aromatic rings. The van der Waals surface area contributed by atoms with Crippen LogP contribution < -0.4 is 20.1 Å². The minimum Gasteiger partial charge on any atom is -0.490 e. The van der Waals surface area contributed by atoms with Gasteiger partial charge in [0, 0.05) is 49.5 Å². The number of aryl methyl sites for hydroxylation is 1. The number of imide groups is 2. The molecule has 14 heteroatoms. The van der Waals surface area contributed by atoms with Gasteiger partial charge in [0.15, 0.2) is 0 Å². The molecule has 4 heterocycles. The molecular formula is C40H37N7O7. The van der Waals surface area contributed by atoms with E-state index < -0.39 is 29.7 Å². The Labute approximate surface area is 310 Å². The van der Waals surface area contributed by atoms with Crippen molar-refractivity contribution in [1.82, 2.24) is 30.4 Å². The van der Waals surface area contributed by atoms with E-state index in [1.165, 1.54) is 0 Å². The second-order valence-electron chi connectivity index (χ2n) is 14.2. The van der Waals surface area contributed by atoms with E-state index in [0.717, 1.165) is 40.4 Å². The topological polar surface area (TPSA) is 179 Å². The van der Waals surface area contributed by atoms with Crippen LogP contribution in [0.25, 0.3) is 11.7 Å². The number of hydrogen-bond donors (Lipinski definition) is 2. The van der Waals surface area contributed by atoms with Gasteiger partial charge in [-0.25, -0.2) is 9.97 Å². The number of hydrogen-bond acceptors (Lipinski definition) is 12. The van der Waals surface area contributed by atoms with E-state index in [1.54, 1.807) is 37.4 Å². The Balaban J connectivity index is 0.822. The Morgan fingerprint density at radius 2 is 1.59 bits per heavy atom. The maximum atomic E-state index is 13.2. The highest BCUT2D eigenvalue weighted by Gasteiger charge is 2.45. The van der Waals surface area contributed by atoms with Crippen molar-refractivity contribution in [3.05, 3.63) is 113 Å². The summed E-state index contributed by atoms with van der Waals surface area (Å²) in [5, 5.41) is 13.5. The first-order chi connectivity index (χ1) is 26.0. The Kier molecular flexibility index (Phi) is 8.88. The minimum absolute atomic E-state index is 0.0338. The number of rotatable bonds is 11. The molecule has 2 aliphatic heterocycles. The number of nitrogens with one attached hydrogen (secondary N) is 2. The van der Waals surface area contributed by atoms with Crippen LogP contribution in [0.4, 0.5) is 5.69 Å². The first kappa shape index (κ1) is 34.6. The smallest absolute Gasteiger partial charge is 0.285 e. The number of carbonyl (C=O) groups is 4. The number of benzene rings is 3. The highest BCUT2D eigenvalue weighted by Crippen LogP contribution is 2.36. The molecule has 54 heavy (non-hydrogen) atoms. The molecule has 3 aliphatic rings. The van der Waals surface area contributed by atoms with Crippen LogP contribution in [-0.2, 0) is 21.6 Å². The third-order valence-electron chi connectivity index (χ3n) is 10.2. The summed E-state index contributed by atoms with van der Waals surface area (Å²) in [6.45, 7) is 6.33. The largest absolute Gasteiger partial charge is 0.490 e. The van der Waals surface area contributed by atoms with Gasteiger partial charge in [0.25, 0.3) is 17.7 Å². The van der Waals surface area contributed by atoms with Gasteiger partial charge in [-0.1, -0.05) is 38.1 Å². The van der Waals surface area contributed by atoms with E-state index in [2.05, 4.69) is 68.9 Å². The van der Waals surface area contributed by atoms with Crippen LogP contribution in [0.15, 0.2) is 83.4 Å². The van der Waals surface area contributed by atoms with Crippen LogP contribution in [0.1, 0.15) is 83.0 Å².